The van der Waals surface area contributed by atoms with Gasteiger partial charge in [-0.2, -0.15) is 10.5 Å². The Balaban J connectivity index is 2.49. The van der Waals surface area contributed by atoms with Crippen molar-refractivity contribution in [3.63, 3.8) is 0 Å². The lowest BCUT2D eigenvalue weighted by molar-refractivity contribution is -0.0566. The summed E-state index contributed by atoms with van der Waals surface area (Å²) in [6, 6.07) is 6.44. The molecule has 0 amide bonds. The fourth-order valence-corrected chi connectivity index (χ4v) is 2.14. The first-order valence-electron chi connectivity index (χ1n) is 6.07. The quantitative estimate of drug-likeness (QED) is 0.364. The molecule has 0 radical (unpaired) electrons. The van der Waals surface area contributed by atoms with Crippen LogP contribution in [0.3, 0.4) is 0 Å². The van der Waals surface area contributed by atoms with E-state index in [9.17, 15) is 5.11 Å². The highest BCUT2D eigenvalue weighted by atomic mass is 16.5. The molecule has 0 aromatic heterocycles. The summed E-state index contributed by atoms with van der Waals surface area (Å²) in [6.07, 6.45) is 2.07. The van der Waals surface area contributed by atoms with Crippen LogP contribution in [0.1, 0.15) is 31.0 Å². The molecule has 0 saturated carbocycles. The first-order chi connectivity index (χ1) is 9.49. The number of hydrogen-bond acceptors (Lipinski definition) is 5. The van der Waals surface area contributed by atoms with Gasteiger partial charge in [-0.15, -0.1) is 0 Å². The maximum Gasteiger partial charge on any atom is 0.182 e. The number of nitriles is 2. The minimum absolute atomic E-state index is 0.465. The third kappa shape index (κ3) is 2.42. The Morgan fingerprint density at radius 1 is 1.45 bits per heavy atom. The molecule has 102 valence electrons. The molecule has 6 nitrogen and oxygen atoms in total. The Labute approximate surface area is 116 Å². The summed E-state index contributed by atoms with van der Waals surface area (Å²) < 4.78 is 5.75. The molecule has 2 atom stereocenters. The van der Waals surface area contributed by atoms with Gasteiger partial charge < -0.3 is 9.84 Å². The molecular formula is C14H14N4O2. The number of aliphatic hydroxyl groups excluding tert-OH is 1. The zero-order valence-electron chi connectivity index (χ0n) is 11.2. The molecule has 1 aliphatic heterocycles. The summed E-state index contributed by atoms with van der Waals surface area (Å²) >= 11 is 0. The molecule has 0 bridgehead atoms. The molecule has 1 heterocycles. The fourth-order valence-electron chi connectivity index (χ4n) is 2.14. The van der Waals surface area contributed by atoms with Crippen LogP contribution in [0.4, 0.5) is 0 Å². The van der Waals surface area contributed by atoms with E-state index in [0.29, 0.717) is 16.9 Å². The topological polar surface area (TPSA) is 101 Å². The first kappa shape index (κ1) is 13.9. The molecular weight excluding hydrogens is 256 g/mol. The molecule has 1 aliphatic rings. The Morgan fingerprint density at radius 2 is 2.20 bits per heavy atom. The molecule has 0 unspecified atom stereocenters. The number of nitrogens with zero attached hydrogens (tertiary/aromatic N) is 3. The second-order valence-corrected chi connectivity index (χ2v) is 4.99. The van der Waals surface area contributed by atoms with Crippen molar-refractivity contribution in [2.75, 3.05) is 0 Å². The average Bonchev–Trinajstić information content (AvgIpc) is 2.42. The number of nitrogens with one attached hydrogen (secondary N) is 1. The van der Waals surface area contributed by atoms with Crippen molar-refractivity contribution >= 4 is 6.34 Å². The van der Waals surface area contributed by atoms with Gasteiger partial charge in [-0.1, -0.05) is 0 Å². The minimum atomic E-state index is -0.888. The van der Waals surface area contributed by atoms with Crippen molar-refractivity contribution in [1.82, 2.24) is 5.32 Å². The Bertz CT molecular complexity index is 625. The van der Waals surface area contributed by atoms with Crippen LogP contribution < -0.4 is 10.1 Å². The first-order valence-corrected chi connectivity index (χ1v) is 6.07. The van der Waals surface area contributed by atoms with Crippen LogP contribution in [0, 0.1) is 22.8 Å². The van der Waals surface area contributed by atoms with Gasteiger partial charge in [0.25, 0.3) is 0 Å². The van der Waals surface area contributed by atoms with Gasteiger partial charge in [-0.05, 0) is 32.0 Å². The zero-order chi connectivity index (χ0) is 14.8. The van der Waals surface area contributed by atoms with Crippen LogP contribution in [0.5, 0.6) is 5.75 Å². The Morgan fingerprint density at radius 3 is 2.85 bits per heavy atom. The maximum atomic E-state index is 10.4. The summed E-state index contributed by atoms with van der Waals surface area (Å²) in [5, 5.41) is 30.1. The fraction of sp³-hybridized carbons (Fsp3) is 0.357. The predicted molar refractivity (Wildman–Crippen MR) is 71.9 cm³/mol. The minimum Gasteiger partial charge on any atom is -0.485 e. The van der Waals surface area contributed by atoms with Gasteiger partial charge in [-0.25, -0.2) is 0 Å². The lowest BCUT2D eigenvalue weighted by Gasteiger charge is -2.40. The summed E-state index contributed by atoms with van der Waals surface area (Å²) in [4.78, 5) is 4.17. The summed E-state index contributed by atoms with van der Waals surface area (Å²) in [7, 11) is 0. The molecule has 1 aromatic carbocycles. The van der Waals surface area contributed by atoms with Gasteiger partial charge in [0.05, 0.1) is 18.0 Å². The summed E-state index contributed by atoms with van der Waals surface area (Å²) in [5.41, 5.74) is 0.287. The Kier molecular flexibility index (Phi) is 3.60. The van der Waals surface area contributed by atoms with Gasteiger partial charge >= 0.3 is 0 Å². The smallest absolute Gasteiger partial charge is 0.182 e. The van der Waals surface area contributed by atoms with Gasteiger partial charge in [0.15, 0.2) is 6.19 Å². The lowest BCUT2D eigenvalue weighted by atomic mass is 9.86. The summed E-state index contributed by atoms with van der Waals surface area (Å²) in [6.45, 7) is 3.53. The van der Waals surface area contributed by atoms with E-state index in [1.54, 1.807) is 38.2 Å². The van der Waals surface area contributed by atoms with Crippen LogP contribution in [0.2, 0.25) is 0 Å². The van der Waals surface area contributed by atoms with Gasteiger partial charge in [0.1, 0.15) is 23.5 Å². The highest BCUT2D eigenvalue weighted by Gasteiger charge is 2.42. The van der Waals surface area contributed by atoms with Crippen molar-refractivity contribution in [3.05, 3.63) is 29.3 Å². The summed E-state index contributed by atoms with van der Waals surface area (Å²) in [5.74, 6) is 0.582. The van der Waals surface area contributed by atoms with E-state index in [0.717, 1.165) is 0 Å². The van der Waals surface area contributed by atoms with E-state index in [1.165, 1.54) is 6.34 Å². The molecule has 2 rings (SSSR count). The highest BCUT2D eigenvalue weighted by Crippen LogP contribution is 2.41. The number of hydrogen-bond donors (Lipinski definition) is 2. The molecule has 1 aromatic rings. The lowest BCUT2D eigenvalue weighted by Crippen LogP contribution is -2.48. The van der Waals surface area contributed by atoms with Gasteiger partial charge in [-0.3, -0.25) is 10.3 Å². The number of aliphatic hydroxyl groups is 1. The van der Waals surface area contributed by atoms with Crippen molar-refractivity contribution < 1.29 is 9.84 Å². The second-order valence-electron chi connectivity index (χ2n) is 4.99. The molecule has 0 fully saturated rings. The van der Waals surface area contributed by atoms with E-state index in [4.69, 9.17) is 15.3 Å². The molecule has 20 heavy (non-hydrogen) atoms. The van der Waals surface area contributed by atoms with E-state index in [1.807, 2.05) is 6.07 Å². The molecule has 0 aliphatic carbocycles. The Hall–Kier alpha value is -2.57. The normalized spacial score (nSPS) is 23.2. The molecule has 2 N–H and O–H groups in total. The number of benzene rings is 1. The van der Waals surface area contributed by atoms with E-state index < -0.39 is 17.7 Å². The van der Waals surface area contributed by atoms with E-state index >= 15 is 0 Å². The van der Waals surface area contributed by atoms with Crippen LogP contribution in [0.25, 0.3) is 0 Å². The standard InChI is InChI=1S/C14H14N4O2/c1-14(2)13(19)12(18-8-17-7-16)10-5-9(6-15)3-4-11(10)20-14/h3-5,8,12-13,19H,1-2H3,(H,17,18)/t12-,13+/m0/s1. The predicted octanol–water partition coefficient (Wildman–Crippen LogP) is 1.23. The third-order valence-electron chi connectivity index (χ3n) is 3.21. The van der Waals surface area contributed by atoms with Gasteiger partial charge in [0.2, 0.25) is 0 Å². The van der Waals surface area contributed by atoms with Crippen LogP contribution in [-0.4, -0.2) is 23.2 Å². The average molecular weight is 270 g/mol. The van der Waals surface area contributed by atoms with Crippen LogP contribution >= 0.6 is 0 Å². The second kappa shape index (κ2) is 5.20. The van der Waals surface area contributed by atoms with E-state index in [2.05, 4.69) is 10.3 Å². The molecule has 0 saturated heterocycles. The SMILES string of the molecule is CC1(C)Oc2ccc(C#N)cc2[C@H](N=CNC#N)[C@H]1O. The van der Waals surface area contributed by atoms with Gasteiger partial charge in [0, 0.05) is 5.56 Å². The number of fused-ring (bicyclic) bond motifs is 1. The maximum absolute atomic E-state index is 10.4. The van der Waals surface area contributed by atoms with Crippen LogP contribution in [0.15, 0.2) is 23.2 Å². The van der Waals surface area contributed by atoms with Crippen molar-refractivity contribution in [2.24, 2.45) is 4.99 Å². The third-order valence-corrected chi connectivity index (χ3v) is 3.21. The van der Waals surface area contributed by atoms with Crippen molar-refractivity contribution in [2.45, 2.75) is 31.6 Å². The highest BCUT2D eigenvalue weighted by molar-refractivity contribution is 5.58. The largest absolute Gasteiger partial charge is 0.485 e. The van der Waals surface area contributed by atoms with E-state index in [-0.39, 0.29) is 0 Å². The van der Waals surface area contributed by atoms with Crippen LogP contribution in [-0.2, 0) is 0 Å². The number of rotatable bonds is 2. The van der Waals surface area contributed by atoms with Crippen molar-refractivity contribution in [1.29, 1.82) is 10.5 Å². The zero-order valence-corrected chi connectivity index (χ0v) is 11.2. The van der Waals surface area contributed by atoms with Crippen molar-refractivity contribution in [3.8, 4) is 18.0 Å². The number of aliphatic imine (C=N–C) groups is 1. The molecule has 6 heteroatoms. The molecule has 0 spiro atoms. The monoisotopic (exact) mass is 270 g/mol. The number of ether oxygens (including phenoxy) is 1.